The summed E-state index contributed by atoms with van der Waals surface area (Å²) in [7, 11) is 0. The highest BCUT2D eigenvalue weighted by Gasteiger charge is 2.34. The second-order valence-corrected chi connectivity index (χ2v) is 6.70. The third-order valence-corrected chi connectivity index (χ3v) is 4.80. The summed E-state index contributed by atoms with van der Waals surface area (Å²) in [6.07, 6.45) is -4.73. The molecule has 1 aliphatic heterocycles. The number of hydrogen-bond donors (Lipinski definition) is 2. The zero-order valence-corrected chi connectivity index (χ0v) is 14.6. The molecule has 0 bridgehead atoms. The molecular weight excluding hydrogens is 373 g/mol. The molecule has 0 spiro atoms. The van der Waals surface area contributed by atoms with Gasteiger partial charge in [0.15, 0.2) is 0 Å². The van der Waals surface area contributed by atoms with Crippen molar-refractivity contribution in [2.24, 2.45) is 0 Å². The van der Waals surface area contributed by atoms with E-state index in [4.69, 9.17) is 4.74 Å². The second kappa shape index (κ2) is 8.43. The van der Waals surface area contributed by atoms with Crippen molar-refractivity contribution in [3.05, 3.63) is 29.8 Å². The van der Waals surface area contributed by atoms with Crippen LogP contribution >= 0.6 is 11.8 Å². The third-order valence-electron chi connectivity index (χ3n) is 3.49. The summed E-state index contributed by atoms with van der Waals surface area (Å²) in [6, 6.07) is 3.47. The number of anilines is 1. The minimum atomic E-state index is -4.51. The van der Waals surface area contributed by atoms with Gasteiger partial charge in [-0.25, -0.2) is 4.79 Å². The molecule has 1 aromatic rings. The van der Waals surface area contributed by atoms with Crippen LogP contribution in [0, 0.1) is 0 Å². The zero-order chi connectivity index (χ0) is 19.3. The van der Waals surface area contributed by atoms with E-state index in [1.165, 1.54) is 12.1 Å². The van der Waals surface area contributed by atoms with Gasteiger partial charge in [0, 0.05) is 17.9 Å². The predicted molar refractivity (Wildman–Crippen MR) is 89.5 cm³/mol. The Labute approximate surface area is 151 Å². The van der Waals surface area contributed by atoms with Crippen molar-refractivity contribution >= 4 is 35.2 Å². The maximum atomic E-state index is 12.7. The summed E-state index contributed by atoms with van der Waals surface area (Å²) < 4.78 is 42.9. The average Bonchev–Trinajstić information content (AvgIpc) is 2.56. The summed E-state index contributed by atoms with van der Waals surface area (Å²) in [5.74, 6) is -1.36. The molecule has 0 aliphatic carbocycles. The first-order valence-corrected chi connectivity index (χ1v) is 8.81. The SMILES string of the molecule is CCOC(=O)[C@@H]1CS[C@H](CC(=O)Nc2cccc(C(F)(F)F)c2)C(=O)N1. The molecule has 142 valence electrons. The fourth-order valence-corrected chi connectivity index (χ4v) is 3.40. The number of carbonyl (C=O) groups is 3. The van der Waals surface area contributed by atoms with Gasteiger partial charge in [-0.2, -0.15) is 13.2 Å². The van der Waals surface area contributed by atoms with E-state index < -0.39 is 40.8 Å². The lowest BCUT2D eigenvalue weighted by molar-refractivity contribution is -0.146. The predicted octanol–water partition coefficient (Wildman–Crippen LogP) is 2.20. The minimum Gasteiger partial charge on any atom is -0.464 e. The molecule has 1 heterocycles. The van der Waals surface area contributed by atoms with Gasteiger partial charge in [0.25, 0.3) is 0 Å². The lowest BCUT2D eigenvalue weighted by atomic mass is 10.2. The molecule has 0 aromatic heterocycles. The highest BCUT2D eigenvalue weighted by atomic mass is 32.2. The van der Waals surface area contributed by atoms with Gasteiger partial charge in [-0.3, -0.25) is 9.59 Å². The average molecular weight is 390 g/mol. The lowest BCUT2D eigenvalue weighted by Gasteiger charge is -2.27. The van der Waals surface area contributed by atoms with Crippen LogP contribution in [0.3, 0.4) is 0 Å². The van der Waals surface area contributed by atoms with Crippen molar-refractivity contribution in [2.75, 3.05) is 17.7 Å². The molecule has 6 nitrogen and oxygen atoms in total. The standard InChI is InChI=1S/C16H17F3N2O4S/c1-2-25-15(24)11-8-26-12(14(23)21-11)7-13(22)20-10-5-3-4-9(6-10)16(17,18)19/h3-6,11-12H,2,7-8H2,1H3,(H,20,22)(H,21,23)/t11-,12+/m0/s1. The van der Waals surface area contributed by atoms with Crippen molar-refractivity contribution in [3.8, 4) is 0 Å². The highest BCUT2D eigenvalue weighted by Crippen LogP contribution is 2.31. The van der Waals surface area contributed by atoms with Gasteiger partial charge in [0.1, 0.15) is 6.04 Å². The van der Waals surface area contributed by atoms with Gasteiger partial charge in [0.05, 0.1) is 17.4 Å². The van der Waals surface area contributed by atoms with Crippen molar-refractivity contribution in [3.63, 3.8) is 0 Å². The first kappa shape index (κ1) is 20.1. The smallest absolute Gasteiger partial charge is 0.416 e. The van der Waals surface area contributed by atoms with Gasteiger partial charge >= 0.3 is 12.1 Å². The highest BCUT2D eigenvalue weighted by molar-refractivity contribution is 8.00. The molecule has 26 heavy (non-hydrogen) atoms. The molecule has 10 heteroatoms. The first-order chi connectivity index (χ1) is 12.2. The van der Waals surface area contributed by atoms with Crippen LogP contribution in [0.4, 0.5) is 18.9 Å². The Morgan fingerprint density at radius 1 is 1.38 bits per heavy atom. The number of amides is 2. The van der Waals surface area contributed by atoms with E-state index in [1.807, 2.05) is 0 Å². The number of rotatable bonds is 5. The number of nitrogens with one attached hydrogen (secondary N) is 2. The molecule has 0 saturated carbocycles. The van der Waals surface area contributed by atoms with Crippen LogP contribution in [0.15, 0.2) is 24.3 Å². The molecule has 1 fully saturated rings. The Bertz CT molecular complexity index is 696. The van der Waals surface area contributed by atoms with E-state index in [0.717, 1.165) is 23.9 Å². The maximum Gasteiger partial charge on any atom is 0.416 e. The number of ether oxygens (including phenoxy) is 1. The van der Waals surface area contributed by atoms with Crippen molar-refractivity contribution in [2.45, 2.75) is 30.8 Å². The van der Waals surface area contributed by atoms with Gasteiger partial charge in [0.2, 0.25) is 11.8 Å². The first-order valence-electron chi connectivity index (χ1n) is 7.76. The Balaban J connectivity index is 1.91. The van der Waals surface area contributed by atoms with E-state index >= 15 is 0 Å². The van der Waals surface area contributed by atoms with Crippen LogP contribution in [-0.2, 0) is 25.3 Å². The Morgan fingerprint density at radius 2 is 2.12 bits per heavy atom. The number of halogens is 3. The Morgan fingerprint density at radius 3 is 2.73 bits per heavy atom. The molecule has 1 aromatic carbocycles. The normalized spacial score (nSPS) is 20.2. The molecule has 0 radical (unpaired) electrons. The lowest BCUT2D eigenvalue weighted by Crippen LogP contribution is -2.51. The van der Waals surface area contributed by atoms with Gasteiger partial charge in [-0.15, -0.1) is 11.8 Å². The van der Waals surface area contributed by atoms with Crippen LogP contribution in [0.25, 0.3) is 0 Å². The molecular formula is C16H17F3N2O4S. The molecule has 2 amide bonds. The van der Waals surface area contributed by atoms with E-state index in [2.05, 4.69) is 10.6 Å². The molecule has 2 N–H and O–H groups in total. The number of benzene rings is 1. The van der Waals surface area contributed by atoms with Crippen molar-refractivity contribution < 1.29 is 32.3 Å². The summed E-state index contributed by atoms with van der Waals surface area (Å²) in [5, 5.41) is 4.11. The fourth-order valence-electron chi connectivity index (χ4n) is 2.27. The molecule has 1 aliphatic rings. The van der Waals surface area contributed by atoms with Crippen molar-refractivity contribution in [1.29, 1.82) is 0 Å². The molecule has 2 rings (SSSR count). The number of esters is 1. The van der Waals surface area contributed by atoms with E-state index in [0.29, 0.717) is 0 Å². The van der Waals surface area contributed by atoms with Gasteiger partial charge < -0.3 is 15.4 Å². The maximum absolute atomic E-state index is 12.7. The second-order valence-electron chi connectivity index (χ2n) is 5.47. The monoisotopic (exact) mass is 390 g/mol. The van der Waals surface area contributed by atoms with Gasteiger partial charge in [-0.1, -0.05) is 6.07 Å². The number of carbonyl (C=O) groups excluding carboxylic acids is 3. The topological polar surface area (TPSA) is 84.5 Å². The molecule has 1 saturated heterocycles. The fraction of sp³-hybridized carbons (Fsp3) is 0.438. The van der Waals surface area contributed by atoms with Gasteiger partial charge in [-0.05, 0) is 25.1 Å². The third kappa shape index (κ3) is 5.38. The minimum absolute atomic E-state index is 0.00422. The summed E-state index contributed by atoms with van der Waals surface area (Å²) in [4.78, 5) is 35.7. The van der Waals surface area contributed by atoms with Crippen LogP contribution < -0.4 is 10.6 Å². The summed E-state index contributed by atoms with van der Waals surface area (Å²) in [5.41, 5.74) is -0.882. The van der Waals surface area contributed by atoms with Crippen molar-refractivity contribution in [1.82, 2.24) is 5.32 Å². The van der Waals surface area contributed by atoms with E-state index in [9.17, 15) is 27.6 Å². The van der Waals surface area contributed by atoms with Crippen LogP contribution in [-0.4, -0.2) is 41.4 Å². The van der Waals surface area contributed by atoms with Crippen LogP contribution in [0.2, 0.25) is 0 Å². The number of thioether (sulfide) groups is 1. The largest absolute Gasteiger partial charge is 0.464 e. The summed E-state index contributed by atoms with van der Waals surface area (Å²) >= 11 is 1.13. The zero-order valence-electron chi connectivity index (χ0n) is 13.8. The Hall–Kier alpha value is -2.23. The molecule has 2 atom stereocenters. The number of hydrogen-bond acceptors (Lipinski definition) is 5. The van der Waals surface area contributed by atoms with Crippen LogP contribution in [0.5, 0.6) is 0 Å². The quantitative estimate of drug-likeness (QED) is 0.753. The Kier molecular flexibility index (Phi) is 6.52. The van der Waals surface area contributed by atoms with Crippen LogP contribution in [0.1, 0.15) is 18.9 Å². The van der Waals surface area contributed by atoms with E-state index in [1.54, 1.807) is 6.92 Å². The van der Waals surface area contributed by atoms with E-state index in [-0.39, 0.29) is 24.5 Å². The summed E-state index contributed by atoms with van der Waals surface area (Å²) in [6.45, 7) is 1.84. The number of alkyl halides is 3. The molecule has 0 unspecified atom stereocenters.